The van der Waals surface area contributed by atoms with E-state index in [0.29, 0.717) is 24.2 Å². The van der Waals surface area contributed by atoms with Gasteiger partial charge in [-0.25, -0.2) is 9.78 Å². The molecular formula is C21H20N4O3. The minimum atomic E-state index is -0.445. The van der Waals surface area contributed by atoms with Gasteiger partial charge in [0.1, 0.15) is 0 Å². The van der Waals surface area contributed by atoms with E-state index in [1.807, 2.05) is 53.2 Å². The molecule has 0 aliphatic heterocycles. The Kier molecular flexibility index (Phi) is 5.05. The highest BCUT2D eigenvalue weighted by Crippen LogP contribution is 2.13. The van der Waals surface area contributed by atoms with Crippen LogP contribution in [0.3, 0.4) is 0 Å². The molecule has 0 radical (unpaired) electrons. The van der Waals surface area contributed by atoms with Gasteiger partial charge in [0.2, 0.25) is 5.91 Å². The van der Waals surface area contributed by atoms with Gasteiger partial charge in [-0.1, -0.05) is 36.4 Å². The van der Waals surface area contributed by atoms with E-state index < -0.39 is 5.76 Å². The quantitative estimate of drug-likeness (QED) is 0.537. The summed E-state index contributed by atoms with van der Waals surface area (Å²) in [7, 11) is 0. The SMILES string of the molecule is O=C(CCn1c(=O)oc2ccccc21)NCc1ccccc1Cn1ccnc1. The van der Waals surface area contributed by atoms with Gasteiger partial charge in [0.25, 0.3) is 0 Å². The summed E-state index contributed by atoms with van der Waals surface area (Å²) in [6.45, 7) is 1.41. The molecule has 1 N–H and O–H groups in total. The van der Waals surface area contributed by atoms with Crippen molar-refractivity contribution in [2.24, 2.45) is 0 Å². The van der Waals surface area contributed by atoms with E-state index in [4.69, 9.17) is 4.42 Å². The summed E-state index contributed by atoms with van der Waals surface area (Å²) < 4.78 is 8.67. The molecule has 0 atom stereocenters. The van der Waals surface area contributed by atoms with E-state index in [9.17, 15) is 9.59 Å². The number of nitrogens with one attached hydrogen (secondary N) is 1. The Morgan fingerprint density at radius 1 is 1.07 bits per heavy atom. The van der Waals surface area contributed by atoms with E-state index in [-0.39, 0.29) is 18.9 Å². The Hall–Kier alpha value is -3.61. The normalized spacial score (nSPS) is 11.0. The fourth-order valence-corrected chi connectivity index (χ4v) is 3.18. The van der Waals surface area contributed by atoms with Gasteiger partial charge in [-0.2, -0.15) is 0 Å². The average molecular weight is 376 g/mol. The van der Waals surface area contributed by atoms with Gasteiger partial charge < -0.3 is 14.3 Å². The lowest BCUT2D eigenvalue weighted by Gasteiger charge is -2.11. The second-order valence-electron chi connectivity index (χ2n) is 6.52. The molecule has 2 aromatic carbocycles. The number of fused-ring (bicyclic) bond motifs is 1. The molecule has 7 heteroatoms. The van der Waals surface area contributed by atoms with E-state index in [1.54, 1.807) is 18.6 Å². The Bertz CT molecular complexity index is 1140. The minimum absolute atomic E-state index is 0.116. The van der Waals surface area contributed by atoms with Gasteiger partial charge in [-0.05, 0) is 23.3 Å². The molecule has 0 bridgehead atoms. The predicted molar refractivity (Wildman–Crippen MR) is 105 cm³/mol. The molecule has 0 saturated carbocycles. The van der Waals surface area contributed by atoms with E-state index >= 15 is 0 Å². The van der Waals surface area contributed by atoms with Crippen molar-refractivity contribution in [3.8, 4) is 0 Å². The Balaban J connectivity index is 1.37. The Labute approximate surface area is 161 Å². The molecule has 0 aliphatic carbocycles. The van der Waals surface area contributed by atoms with Crippen LogP contribution in [0.4, 0.5) is 0 Å². The first-order valence-corrected chi connectivity index (χ1v) is 9.08. The molecule has 0 spiro atoms. The zero-order valence-electron chi connectivity index (χ0n) is 15.2. The standard InChI is InChI=1S/C21H20N4O3/c26-20(9-11-25-18-7-3-4-8-19(18)28-21(25)27)23-13-16-5-1-2-6-17(16)14-24-12-10-22-15-24/h1-8,10,12,15H,9,11,13-14H2,(H,23,26). The highest BCUT2D eigenvalue weighted by atomic mass is 16.4. The number of benzene rings is 2. The van der Waals surface area contributed by atoms with Gasteiger partial charge in [-0.3, -0.25) is 9.36 Å². The first-order chi connectivity index (χ1) is 13.7. The van der Waals surface area contributed by atoms with Crippen molar-refractivity contribution >= 4 is 17.0 Å². The summed E-state index contributed by atoms with van der Waals surface area (Å²) in [5.74, 6) is -0.561. The molecule has 2 aromatic heterocycles. The van der Waals surface area contributed by atoms with Gasteiger partial charge in [-0.15, -0.1) is 0 Å². The number of para-hydroxylation sites is 2. The second kappa shape index (κ2) is 7.96. The molecule has 7 nitrogen and oxygen atoms in total. The summed E-state index contributed by atoms with van der Waals surface area (Å²) in [5.41, 5.74) is 3.40. The monoisotopic (exact) mass is 376 g/mol. The van der Waals surface area contributed by atoms with Crippen LogP contribution in [0.15, 0.2) is 76.5 Å². The first-order valence-electron chi connectivity index (χ1n) is 9.08. The van der Waals surface area contributed by atoms with Crippen LogP contribution in [0.2, 0.25) is 0 Å². The lowest BCUT2D eigenvalue weighted by atomic mass is 10.1. The highest BCUT2D eigenvalue weighted by Gasteiger charge is 2.11. The number of hydrogen-bond donors (Lipinski definition) is 1. The van der Waals surface area contributed by atoms with Crippen LogP contribution in [0.5, 0.6) is 0 Å². The smallest absolute Gasteiger partial charge is 0.408 e. The first kappa shape index (κ1) is 17.8. The van der Waals surface area contributed by atoms with E-state index in [2.05, 4.69) is 10.3 Å². The summed E-state index contributed by atoms with van der Waals surface area (Å²) >= 11 is 0. The third-order valence-electron chi connectivity index (χ3n) is 4.64. The van der Waals surface area contributed by atoms with Gasteiger partial charge in [0, 0.05) is 38.4 Å². The van der Waals surface area contributed by atoms with Crippen molar-refractivity contribution < 1.29 is 9.21 Å². The molecule has 4 aromatic rings. The summed E-state index contributed by atoms with van der Waals surface area (Å²) in [6.07, 6.45) is 5.61. The predicted octanol–water partition coefficient (Wildman–Crippen LogP) is 2.55. The molecular weight excluding hydrogens is 356 g/mol. The third-order valence-corrected chi connectivity index (χ3v) is 4.64. The van der Waals surface area contributed by atoms with Crippen molar-refractivity contribution in [3.63, 3.8) is 0 Å². The fraction of sp³-hybridized carbons (Fsp3) is 0.190. The number of oxazole rings is 1. The number of carbonyl (C=O) groups excluding carboxylic acids is 1. The maximum Gasteiger partial charge on any atom is 0.419 e. The minimum Gasteiger partial charge on any atom is -0.408 e. The number of hydrogen-bond acceptors (Lipinski definition) is 4. The molecule has 4 rings (SSSR count). The molecule has 0 fully saturated rings. The molecule has 0 saturated heterocycles. The molecule has 0 aliphatic rings. The lowest BCUT2D eigenvalue weighted by Crippen LogP contribution is -2.26. The molecule has 1 amide bonds. The van der Waals surface area contributed by atoms with Crippen molar-refractivity contribution in [1.29, 1.82) is 0 Å². The topological polar surface area (TPSA) is 82.1 Å². The maximum absolute atomic E-state index is 12.3. The van der Waals surface area contributed by atoms with Crippen LogP contribution in [-0.4, -0.2) is 20.0 Å². The van der Waals surface area contributed by atoms with Crippen LogP contribution in [-0.2, 0) is 24.4 Å². The van der Waals surface area contributed by atoms with Crippen molar-refractivity contribution in [1.82, 2.24) is 19.4 Å². The summed E-state index contributed by atoms with van der Waals surface area (Å²) in [6, 6.07) is 15.2. The van der Waals surface area contributed by atoms with Crippen LogP contribution in [0.25, 0.3) is 11.1 Å². The Morgan fingerprint density at radius 3 is 2.68 bits per heavy atom. The van der Waals surface area contributed by atoms with Gasteiger partial charge in [0.15, 0.2) is 5.58 Å². The molecule has 28 heavy (non-hydrogen) atoms. The molecule has 2 heterocycles. The van der Waals surface area contributed by atoms with E-state index in [0.717, 1.165) is 11.1 Å². The van der Waals surface area contributed by atoms with Crippen LogP contribution < -0.4 is 11.1 Å². The number of imidazole rings is 1. The van der Waals surface area contributed by atoms with Crippen LogP contribution >= 0.6 is 0 Å². The number of aromatic nitrogens is 3. The molecule has 0 unspecified atom stereocenters. The van der Waals surface area contributed by atoms with Gasteiger partial charge in [0.05, 0.1) is 11.8 Å². The fourth-order valence-electron chi connectivity index (χ4n) is 3.18. The van der Waals surface area contributed by atoms with Crippen LogP contribution in [0.1, 0.15) is 17.5 Å². The lowest BCUT2D eigenvalue weighted by molar-refractivity contribution is -0.121. The van der Waals surface area contributed by atoms with Crippen molar-refractivity contribution in [3.05, 3.63) is 88.9 Å². The Morgan fingerprint density at radius 2 is 1.86 bits per heavy atom. The van der Waals surface area contributed by atoms with Crippen LogP contribution in [0, 0.1) is 0 Å². The third kappa shape index (κ3) is 3.88. The number of aryl methyl sites for hydroxylation is 1. The second-order valence-corrected chi connectivity index (χ2v) is 6.52. The average Bonchev–Trinajstić information content (AvgIpc) is 3.32. The zero-order chi connectivity index (χ0) is 19.3. The number of amides is 1. The van der Waals surface area contributed by atoms with E-state index in [1.165, 1.54) is 4.57 Å². The largest absolute Gasteiger partial charge is 0.419 e. The highest BCUT2D eigenvalue weighted by molar-refractivity contribution is 5.76. The molecule has 142 valence electrons. The number of nitrogens with zero attached hydrogens (tertiary/aromatic N) is 3. The summed E-state index contributed by atoms with van der Waals surface area (Å²) in [4.78, 5) is 28.4. The number of carbonyl (C=O) groups is 1. The van der Waals surface area contributed by atoms with Gasteiger partial charge >= 0.3 is 5.76 Å². The van der Waals surface area contributed by atoms with Crippen molar-refractivity contribution in [2.75, 3.05) is 0 Å². The maximum atomic E-state index is 12.3. The number of rotatable bonds is 7. The summed E-state index contributed by atoms with van der Waals surface area (Å²) in [5, 5.41) is 2.94. The zero-order valence-corrected chi connectivity index (χ0v) is 15.2. The van der Waals surface area contributed by atoms with Crippen molar-refractivity contribution in [2.45, 2.75) is 26.1 Å².